The average Bonchev–Trinajstić information content (AvgIpc) is 2.56. The van der Waals surface area contributed by atoms with Crippen LogP contribution in [0, 0.1) is 12.7 Å². The first kappa shape index (κ1) is 19.1. The monoisotopic (exact) mass is 451 g/mol. The zero-order chi connectivity index (χ0) is 19.1. The molecule has 3 aromatic carbocycles. The molecule has 0 aliphatic rings. The summed E-state index contributed by atoms with van der Waals surface area (Å²) < 4.78 is 37.7. The van der Waals surface area contributed by atoms with E-state index in [0.29, 0.717) is 5.56 Å². The van der Waals surface area contributed by atoms with E-state index >= 15 is 0 Å². The van der Waals surface area contributed by atoms with Crippen LogP contribution in [-0.4, -0.2) is 8.42 Å². The van der Waals surface area contributed by atoms with Crippen LogP contribution in [0.25, 0.3) is 22.3 Å². The van der Waals surface area contributed by atoms with E-state index in [-0.39, 0.29) is 0 Å². The Morgan fingerprint density at radius 1 is 0.962 bits per heavy atom. The third kappa shape index (κ3) is 3.86. The fraction of sp³-hybridized carbons (Fsp3) is 0.0526. The first-order chi connectivity index (χ1) is 12.2. The minimum atomic E-state index is -4.09. The quantitative estimate of drug-likeness (QED) is 0.539. The summed E-state index contributed by atoms with van der Waals surface area (Å²) in [4.78, 5) is 0.211. The second-order valence-corrected chi connectivity index (χ2v) is 8.75. The van der Waals surface area contributed by atoms with Crippen LogP contribution in [0.15, 0.2) is 68.9 Å². The molecule has 2 N–H and O–H groups in total. The largest absolute Gasteiger partial charge is 0.240 e. The molecule has 0 aromatic heterocycles. The molecular formula is C19H15BrFNO2S2. The second-order valence-electron chi connectivity index (χ2n) is 5.89. The Hall–Kier alpha value is -1.67. The Morgan fingerprint density at radius 3 is 2.15 bits per heavy atom. The molecule has 0 unspecified atom stereocenters. The van der Waals surface area contributed by atoms with E-state index in [1.165, 1.54) is 12.1 Å². The van der Waals surface area contributed by atoms with Gasteiger partial charge in [0.2, 0.25) is 10.0 Å². The third-order valence-corrected chi connectivity index (χ3v) is 6.22. The number of hydrogen-bond donors (Lipinski definition) is 2. The molecule has 0 amide bonds. The van der Waals surface area contributed by atoms with Crippen molar-refractivity contribution in [3.8, 4) is 22.3 Å². The molecule has 134 valence electrons. The minimum absolute atomic E-state index is 0.520. The highest BCUT2D eigenvalue weighted by Crippen LogP contribution is 2.33. The van der Waals surface area contributed by atoms with Crippen molar-refractivity contribution in [3.63, 3.8) is 0 Å². The van der Waals surface area contributed by atoms with Gasteiger partial charge in [-0.25, -0.2) is 17.9 Å². The highest BCUT2D eigenvalue weighted by Gasteiger charge is 2.15. The Bertz CT molecular complexity index is 1110. The molecule has 3 rings (SSSR count). The number of halogens is 2. The van der Waals surface area contributed by atoms with Crippen molar-refractivity contribution < 1.29 is 12.8 Å². The van der Waals surface area contributed by atoms with Gasteiger partial charge in [0.25, 0.3) is 0 Å². The summed E-state index contributed by atoms with van der Waals surface area (Å²) in [6.07, 6.45) is 0. The van der Waals surface area contributed by atoms with Gasteiger partial charge in [-0.3, -0.25) is 0 Å². The fourth-order valence-electron chi connectivity index (χ4n) is 2.63. The van der Waals surface area contributed by atoms with Crippen molar-refractivity contribution in [3.05, 3.63) is 70.5 Å². The molecule has 0 fully saturated rings. The minimum Gasteiger partial charge on any atom is -0.225 e. The maximum absolute atomic E-state index is 14.1. The number of benzene rings is 3. The number of nitrogens with two attached hydrogens (primary N) is 1. The molecule has 0 heterocycles. The number of hydrogen-bond acceptors (Lipinski definition) is 3. The van der Waals surface area contributed by atoms with E-state index in [0.717, 1.165) is 37.7 Å². The van der Waals surface area contributed by atoms with Crippen molar-refractivity contribution in [2.45, 2.75) is 16.7 Å². The molecule has 0 saturated heterocycles. The Kier molecular flexibility index (Phi) is 5.25. The van der Waals surface area contributed by atoms with Crippen LogP contribution in [-0.2, 0) is 10.0 Å². The summed E-state index contributed by atoms with van der Waals surface area (Å²) in [6, 6.07) is 15.5. The predicted octanol–water partition coefficient (Wildman–Crippen LogP) is 5.17. The zero-order valence-corrected chi connectivity index (χ0v) is 17.0. The number of thiol groups is 1. The standard InChI is InChI=1S/C19H15BrFNO2S2/c1-11-2-3-14(8-16(11)20)15-6-4-13(10-18(15)25)12-5-7-19(17(21)9-12)26(22,23)24/h2-10,25H,1H3,(H2,22,23,24). The molecule has 3 nitrogen and oxygen atoms in total. The van der Waals surface area contributed by atoms with Crippen LogP contribution in [0.2, 0.25) is 0 Å². The number of rotatable bonds is 3. The lowest BCUT2D eigenvalue weighted by Crippen LogP contribution is -2.13. The van der Waals surface area contributed by atoms with Crippen molar-refractivity contribution in [1.29, 1.82) is 0 Å². The molecule has 0 radical (unpaired) electrons. The van der Waals surface area contributed by atoms with Gasteiger partial charge in [0, 0.05) is 9.37 Å². The van der Waals surface area contributed by atoms with E-state index < -0.39 is 20.7 Å². The lowest BCUT2D eigenvalue weighted by Gasteiger charge is -2.11. The highest BCUT2D eigenvalue weighted by molar-refractivity contribution is 9.10. The lowest BCUT2D eigenvalue weighted by molar-refractivity contribution is 0.568. The van der Waals surface area contributed by atoms with Gasteiger partial charge in [0.1, 0.15) is 10.7 Å². The maximum atomic E-state index is 14.1. The average molecular weight is 452 g/mol. The van der Waals surface area contributed by atoms with Crippen LogP contribution in [0.5, 0.6) is 0 Å². The van der Waals surface area contributed by atoms with Gasteiger partial charge >= 0.3 is 0 Å². The van der Waals surface area contributed by atoms with Gasteiger partial charge in [-0.15, -0.1) is 12.6 Å². The van der Waals surface area contributed by atoms with E-state index in [9.17, 15) is 12.8 Å². The summed E-state index contributed by atoms with van der Waals surface area (Å²) in [5.41, 5.74) is 4.36. The number of sulfonamides is 1. The first-order valence-corrected chi connectivity index (χ1v) is 10.4. The van der Waals surface area contributed by atoms with Gasteiger partial charge in [0.15, 0.2) is 0 Å². The van der Waals surface area contributed by atoms with Crippen LogP contribution >= 0.6 is 28.6 Å². The maximum Gasteiger partial charge on any atom is 0.240 e. The van der Waals surface area contributed by atoms with Gasteiger partial charge < -0.3 is 0 Å². The number of primary sulfonamides is 1. The Balaban J connectivity index is 2.02. The van der Waals surface area contributed by atoms with Gasteiger partial charge in [-0.2, -0.15) is 0 Å². The summed E-state index contributed by atoms with van der Waals surface area (Å²) in [5.74, 6) is -0.878. The highest BCUT2D eigenvalue weighted by atomic mass is 79.9. The van der Waals surface area contributed by atoms with Crippen molar-refractivity contribution in [1.82, 2.24) is 0 Å². The molecule has 0 atom stereocenters. The molecule has 0 spiro atoms. The van der Waals surface area contributed by atoms with Crippen LogP contribution in [0.3, 0.4) is 0 Å². The van der Waals surface area contributed by atoms with Crippen molar-refractivity contribution in [2.24, 2.45) is 5.14 Å². The fourth-order valence-corrected chi connectivity index (χ4v) is 3.94. The molecule has 0 bridgehead atoms. The smallest absolute Gasteiger partial charge is 0.225 e. The molecule has 3 aromatic rings. The molecule has 0 saturated carbocycles. The SMILES string of the molecule is Cc1ccc(-c2ccc(-c3ccc(S(N)(=O)=O)c(F)c3)cc2S)cc1Br. The van der Waals surface area contributed by atoms with E-state index in [1.54, 1.807) is 0 Å². The van der Waals surface area contributed by atoms with Crippen LogP contribution in [0.4, 0.5) is 4.39 Å². The second kappa shape index (κ2) is 7.15. The lowest BCUT2D eigenvalue weighted by atomic mass is 9.99. The van der Waals surface area contributed by atoms with E-state index in [2.05, 4.69) is 28.6 Å². The summed E-state index contributed by atoms with van der Waals surface area (Å²) >= 11 is 8.08. The van der Waals surface area contributed by atoms with Crippen molar-refractivity contribution >= 4 is 38.6 Å². The number of aryl methyl sites for hydroxylation is 1. The Morgan fingerprint density at radius 2 is 1.58 bits per heavy atom. The van der Waals surface area contributed by atoms with Crippen LogP contribution in [0.1, 0.15) is 5.56 Å². The van der Waals surface area contributed by atoms with E-state index in [1.807, 2.05) is 43.3 Å². The van der Waals surface area contributed by atoms with Gasteiger partial charge in [0.05, 0.1) is 0 Å². The zero-order valence-electron chi connectivity index (χ0n) is 13.7. The first-order valence-electron chi connectivity index (χ1n) is 7.59. The molecular weight excluding hydrogens is 437 g/mol. The van der Waals surface area contributed by atoms with Crippen molar-refractivity contribution in [2.75, 3.05) is 0 Å². The normalized spacial score (nSPS) is 11.6. The summed E-state index contributed by atoms with van der Waals surface area (Å²) in [5, 5.41) is 4.99. The summed E-state index contributed by atoms with van der Waals surface area (Å²) in [7, 11) is -4.09. The van der Waals surface area contributed by atoms with Gasteiger partial charge in [-0.1, -0.05) is 46.3 Å². The molecule has 0 aliphatic carbocycles. The third-order valence-electron chi connectivity index (χ3n) is 4.05. The van der Waals surface area contributed by atoms with Crippen LogP contribution < -0.4 is 5.14 Å². The molecule has 7 heteroatoms. The molecule has 26 heavy (non-hydrogen) atoms. The topological polar surface area (TPSA) is 60.2 Å². The molecule has 0 aliphatic heterocycles. The van der Waals surface area contributed by atoms with E-state index in [4.69, 9.17) is 5.14 Å². The predicted molar refractivity (Wildman–Crippen MR) is 108 cm³/mol. The summed E-state index contributed by atoms with van der Waals surface area (Å²) in [6.45, 7) is 2.01. The Labute approximate surface area is 165 Å². The van der Waals surface area contributed by atoms with Gasteiger partial charge in [-0.05, 0) is 59.0 Å².